The van der Waals surface area contributed by atoms with Gasteiger partial charge in [-0.3, -0.25) is 5.84 Å². The Kier molecular flexibility index (Phi) is 3.78. The first kappa shape index (κ1) is 12.1. The standard InChI is InChI=1S/C11H13FN4S/c1-2-9-11(17-16-15-9)10(14-13)7-3-5-8(12)6-4-7/h3-6,10,14H,2,13H2,1H3. The Hall–Kier alpha value is -1.37. The predicted molar refractivity (Wildman–Crippen MR) is 64.9 cm³/mol. The molecule has 1 atom stereocenters. The summed E-state index contributed by atoms with van der Waals surface area (Å²) in [5.74, 6) is 5.30. The van der Waals surface area contributed by atoms with E-state index in [1.54, 1.807) is 12.1 Å². The van der Waals surface area contributed by atoms with E-state index >= 15 is 0 Å². The molecule has 0 aliphatic heterocycles. The molecule has 2 aromatic rings. The molecule has 1 aromatic carbocycles. The fraction of sp³-hybridized carbons (Fsp3) is 0.273. The van der Waals surface area contributed by atoms with E-state index in [0.717, 1.165) is 22.6 Å². The van der Waals surface area contributed by atoms with Crippen LogP contribution in [-0.2, 0) is 6.42 Å². The minimum Gasteiger partial charge on any atom is -0.271 e. The van der Waals surface area contributed by atoms with Crippen LogP contribution < -0.4 is 11.3 Å². The van der Waals surface area contributed by atoms with E-state index in [1.807, 2.05) is 6.92 Å². The van der Waals surface area contributed by atoms with Crippen LogP contribution in [-0.4, -0.2) is 9.59 Å². The third kappa shape index (κ3) is 2.49. The highest BCUT2D eigenvalue weighted by Crippen LogP contribution is 2.26. The number of halogens is 1. The van der Waals surface area contributed by atoms with Crippen molar-refractivity contribution < 1.29 is 4.39 Å². The molecule has 0 bridgehead atoms. The highest BCUT2D eigenvalue weighted by atomic mass is 32.1. The van der Waals surface area contributed by atoms with Gasteiger partial charge in [-0.15, -0.1) is 5.10 Å². The van der Waals surface area contributed by atoms with Crippen LogP contribution in [0.15, 0.2) is 24.3 Å². The van der Waals surface area contributed by atoms with Gasteiger partial charge in [0.05, 0.1) is 16.6 Å². The Bertz CT molecular complexity index is 482. The number of nitrogens with one attached hydrogen (secondary N) is 1. The van der Waals surface area contributed by atoms with Gasteiger partial charge in [-0.25, -0.2) is 9.82 Å². The predicted octanol–water partition coefficient (Wildman–Crippen LogP) is 1.79. The summed E-state index contributed by atoms with van der Waals surface area (Å²) in [5.41, 5.74) is 4.54. The molecular formula is C11H13FN4S. The molecule has 0 spiro atoms. The SMILES string of the molecule is CCc1nnsc1C(NN)c1ccc(F)cc1. The Balaban J connectivity index is 2.36. The maximum atomic E-state index is 12.9. The highest BCUT2D eigenvalue weighted by molar-refractivity contribution is 7.05. The average molecular weight is 252 g/mol. The molecule has 0 aliphatic carbocycles. The Labute approximate surface area is 103 Å². The summed E-state index contributed by atoms with van der Waals surface area (Å²) >= 11 is 1.31. The minimum atomic E-state index is -0.261. The molecule has 3 N–H and O–H groups in total. The number of benzene rings is 1. The molecule has 0 amide bonds. The summed E-state index contributed by atoms with van der Waals surface area (Å²) in [6.07, 6.45) is 0.797. The molecule has 2 rings (SSSR count). The second-order valence-electron chi connectivity index (χ2n) is 3.59. The number of aromatic nitrogens is 2. The van der Waals surface area contributed by atoms with Crippen molar-refractivity contribution in [2.24, 2.45) is 5.84 Å². The van der Waals surface area contributed by atoms with Crippen molar-refractivity contribution >= 4 is 11.5 Å². The Morgan fingerprint density at radius 2 is 2.12 bits per heavy atom. The largest absolute Gasteiger partial charge is 0.271 e. The van der Waals surface area contributed by atoms with Crippen LogP contribution in [0.1, 0.15) is 29.1 Å². The zero-order valence-corrected chi connectivity index (χ0v) is 10.2. The van der Waals surface area contributed by atoms with E-state index in [0.29, 0.717) is 0 Å². The molecule has 0 radical (unpaired) electrons. The van der Waals surface area contributed by atoms with Crippen molar-refractivity contribution in [1.29, 1.82) is 0 Å². The lowest BCUT2D eigenvalue weighted by molar-refractivity contribution is 0.616. The minimum absolute atomic E-state index is 0.189. The normalized spacial score (nSPS) is 12.6. The zero-order chi connectivity index (χ0) is 12.3. The molecule has 0 fully saturated rings. The molecule has 1 heterocycles. The van der Waals surface area contributed by atoms with Crippen molar-refractivity contribution in [3.05, 3.63) is 46.2 Å². The van der Waals surface area contributed by atoms with E-state index in [1.165, 1.54) is 23.7 Å². The summed E-state index contributed by atoms with van der Waals surface area (Å²) in [7, 11) is 0. The molecular weight excluding hydrogens is 239 g/mol. The molecule has 4 nitrogen and oxygen atoms in total. The number of hydrogen-bond donors (Lipinski definition) is 2. The lowest BCUT2D eigenvalue weighted by atomic mass is 10.0. The Morgan fingerprint density at radius 1 is 1.41 bits per heavy atom. The fourth-order valence-corrected chi connectivity index (χ4v) is 2.49. The number of nitrogens with two attached hydrogens (primary N) is 1. The summed E-state index contributed by atoms with van der Waals surface area (Å²) in [6, 6.07) is 6.06. The number of hydrogen-bond acceptors (Lipinski definition) is 5. The Morgan fingerprint density at radius 3 is 2.71 bits per heavy atom. The van der Waals surface area contributed by atoms with E-state index in [4.69, 9.17) is 5.84 Å². The summed E-state index contributed by atoms with van der Waals surface area (Å²) in [5, 5.41) is 4.05. The second kappa shape index (κ2) is 5.31. The van der Waals surface area contributed by atoms with Gasteiger partial charge in [0, 0.05) is 0 Å². The van der Waals surface area contributed by atoms with Gasteiger partial charge >= 0.3 is 0 Å². The monoisotopic (exact) mass is 252 g/mol. The van der Waals surface area contributed by atoms with E-state index < -0.39 is 0 Å². The molecule has 0 saturated heterocycles. The van der Waals surface area contributed by atoms with Crippen molar-refractivity contribution in [1.82, 2.24) is 15.0 Å². The molecule has 1 aromatic heterocycles. The molecule has 0 aliphatic rings. The summed E-state index contributed by atoms with van der Waals surface area (Å²) in [4.78, 5) is 0.974. The van der Waals surface area contributed by atoms with Crippen LogP contribution in [0.25, 0.3) is 0 Å². The first-order valence-corrected chi connectivity index (χ1v) is 6.06. The van der Waals surface area contributed by atoms with Crippen molar-refractivity contribution in [3.63, 3.8) is 0 Å². The van der Waals surface area contributed by atoms with Gasteiger partial charge in [-0.1, -0.05) is 23.5 Å². The molecule has 1 unspecified atom stereocenters. The van der Waals surface area contributed by atoms with Crippen LogP contribution in [0.3, 0.4) is 0 Å². The second-order valence-corrected chi connectivity index (χ2v) is 4.37. The van der Waals surface area contributed by atoms with E-state index in [2.05, 4.69) is 15.0 Å². The first-order valence-electron chi connectivity index (χ1n) is 5.29. The molecule has 17 heavy (non-hydrogen) atoms. The van der Waals surface area contributed by atoms with Crippen molar-refractivity contribution in [2.75, 3.05) is 0 Å². The molecule has 90 valence electrons. The number of nitrogens with zero attached hydrogens (tertiary/aromatic N) is 2. The molecule has 0 saturated carbocycles. The van der Waals surface area contributed by atoms with Gasteiger partial charge in [-0.2, -0.15) is 0 Å². The quantitative estimate of drug-likeness (QED) is 0.643. The first-order chi connectivity index (χ1) is 8.26. The summed E-state index contributed by atoms with van der Waals surface area (Å²) < 4.78 is 16.8. The maximum Gasteiger partial charge on any atom is 0.123 e. The third-order valence-electron chi connectivity index (χ3n) is 2.55. The van der Waals surface area contributed by atoms with Crippen LogP contribution in [0.2, 0.25) is 0 Å². The lowest BCUT2D eigenvalue weighted by Gasteiger charge is -2.15. The van der Waals surface area contributed by atoms with Crippen LogP contribution in [0, 0.1) is 5.82 Å². The summed E-state index contributed by atoms with van der Waals surface area (Å²) in [6.45, 7) is 2.01. The average Bonchev–Trinajstić information content (AvgIpc) is 2.81. The smallest absolute Gasteiger partial charge is 0.123 e. The fourth-order valence-electron chi connectivity index (χ4n) is 1.66. The van der Waals surface area contributed by atoms with Gasteiger partial charge in [0.25, 0.3) is 0 Å². The van der Waals surface area contributed by atoms with Crippen LogP contribution in [0.5, 0.6) is 0 Å². The topological polar surface area (TPSA) is 63.8 Å². The van der Waals surface area contributed by atoms with Gasteiger partial charge in [0.1, 0.15) is 5.82 Å². The van der Waals surface area contributed by atoms with Crippen molar-refractivity contribution in [2.45, 2.75) is 19.4 Å². The van der Waals surface area contributed by atoms with E-state index in [9.17, 15) is 4.39 Å². The number of hydrazine groups is 1. The lowest BCUT2D eigenvalue weighted by Crippen LogP contribution is -2.28. The third-order valence-corrected chi connectivity index (χ3v) is 3.38. The van der Waals surface area contributed by atoms with E-state index in [-0.39, 0.29) is 11.9 Å². The maximum absolute atomic E-state index is 12.9. The van der Waals surface area contributed by atoms with Gasteiger partial charge in [0.2, 0.25) is 0 Å². The highest BCUT2D eigenvalue weighted by Gasteiger charge is 2.19. The van der Waals surface area contributed by atoms with Crippen LogP contribution in [0.4, 0.5) is 4.39 Å². The van der Waals surface area contributed by atoms with Gasteiger partial charge in [-0.05, 0) is 35.6 Å². The number of rotatable bonds is 4. The van der Waals surface area contributed by atoms with Crippen molar-refractivity contribution in [3.8, 4) is 0 Å². The van der Waals surface area contributed by atoms with Gasteiger partial charge in [0.15, 0.2) is 0 Å². The molecule has 6 heteroatoms. The van der Waals surface area contributed by atoms with Gasteiger partial charge < -0.3 is 0 Å². The van der Waals surface area contributed by atoms with Crippen LogP contribution >= 0.6 is 11.5 Å². The number of aryl methyl sites for hydroxylation is 1. The zero-order valence-electron chi connectivity index (χ0n) is 9.35.